The first-order valence-corrected chi connectivity index (χ1v) is 8.19. The third kappa shape index (κ3) is 3.74. The van der Waals surface area contributed by atoms with E-state index in [1.165, 1.54) is 0 Å². The van der Waals surface area contributed by atoms with Crippen LogP contribution in [0.15, 0.2) is 48.0 Å². The van der Waals surface area contributed by atoms with Gasteiger partial charge < -0.3 is 23.7 Å². The fourth-order valence-electron chi connectivity index (χ4n) is 2.74. The van der Waals surface area contributed by atoms with E-state index >= 15 is 0 Å². The van der Waals surface area contributed by atoms with Crippen LogP contribution in [-0.4, -0.2) is 34.4 Å². The molecule has 0 amide bonds. The smallest absolute Gasteiger partial charge is 0.343 e. The summed E-state index contributed by atoms with van der Waals surface area (Å²) in [5.41, 5.74) is 1.77. The number of benzene rings is 2. The summed E-state index contributed by atoms with van der Waals surface area (Å²) in [5, 5.41) is 0. The van der Waals surface area contributed by atoms with Gasteiger partial charge in [-0.05, 0) is 42.5 Å². The van der Waals surface area contributed by atoms with Gasteiger partial charge in [0.15, 0.2) is 0 Å². The molecule has 0 unspecified atom stereocenters. The largest absolute Gasteiger partial charge is 0.497 e. The summed E-state index contributed by atoms with van der Waals surface area (Å²) >= 11 is 0. The normalized spacial score (nSPS) is 14.6. The van der Waals surface area contributed by atoms with Crippen LogP contribution >= 0.6 is 0 Å². The van der Waals surface area contributed by atoms with Crippen LogP contribution in [0.5, 0.6) is 23.0 Å². The van der Waals surface area contributed by atoms with Crippen molar-refractivity contribution in [2.75, 3.05) is 28.4 Å². The molecule has 1 heterocycles. The Bertz CT molecular complexity index is 926. The lowest BCUT2D eigenvalue weighted by atomic mass is 10.1. The Labute approximate surface area is 157 Å². The second kappa shape index (κ2) is 7.86. The molecule has 0 bridgehead atoms. The number of carbonyl (C=O) groups excluding carboxylic acids is 1. The van der Waals surface area contributed by atoms with Gasteiger partial charge in [0.2, 0.25) is 0 Å². The van der Waals surface area contributed by atoms with Gasteiger partial charge in [-0.15, -0.1) is 0 Å². The van der Waals surface area contributed by atoms with Crippen molar-refractivity contribution in [3.8, 4) is 23.0 Å². The molecule has 0 atom stereocenters. The first kappa shape index (κ1) is 18.4. The van der Waals surface area contributed by atoms with E-state index in [0.29, 0.717) is 45.5 Å². The first-order chi connectivity index (χ1) is 13.1. The Hall–Kier alpha value is -3.41. The molecule has 0 N–H and O–H groups in total. The molecule has 1 aliphatic rings. The Morgan fingerprint density at radius 2 is 1.48 bits per heavy atom. The molecule has 1 aliphatic heterocycles. The Morgan fingerprint density at radius 1 is 0.815 bits per heavy atom. The van der Waals surface area contributed by atoms with Crippen molar-refractivity contribution in [1.82, 2.24) is 0 Å². The monoisotopic (exact) mass is 368 g/mol. The molecule has 0 aromatic heterocycles. The van der Waals surface area contributed by atoms with Crippen LogP contribution in [-0.2, 0) is 9.53 Å². The van der Waals surface area contributed by atoms with Crippen LogP contribution in [0.2, 0.25) is 0 Å². The van der Waals surface area contributed by atoms with Gasteiger partial charge in [-0.25, -0.2) is 4.79 Å². The maximum absolute atomic E-state index is 12.4. The van der Waals surface area contributed by atoms with Gasteiger partial charge in [-0.1, -0.05) is 0 Å². The van der Waals surface area contributed by atoms with E-state index in [0.717, 1.165) is 0 Å². The summed E-state index contributed by atoms with van der Waals surface area (Å²) in [7, 11) is 6.27. The number of cyclic esters (lactones) is 1. The van der Waals surface area contributed by atoms with Crippen molar-refractivity contribution in [3.05, 3.63) is 59.2 Å². The number of esters is 1. The second-order valence-corrected chi connectivity index (χ2v) is 5.67. The number of methoxy groups -OCH3 is 4. The molecule has 0 fully saturated rings. The maximum Gasteiger partial charge on any atom is 0.343 e. The molecule has 0 aliphatic carbocycles. The number of hydrogen-bond acceptors (Lipinski definition) is 6. The molecule has 0 saturated heterocycles. The lowest BCUT2D eigenvalue weighted by molar-refractivity contribution is -0.130. The van der Waals surface area contributed by atoms with Crippen LogP contribution in [0.4, 0.5) is 0 Å². The molecule has 2 aromatic carbocycles. The minimum Gasteiger partial charge on any atom is -0.497 e. The Morgan fingerprint density at radius 3 is 2.15 bits per heavy atom. The maximum atomic E-state index is 12.4. The highest BCUT2D eigenvalue weighted by Gasteiger charge is 2.25. The quantitative estimate of drug-likeness (QED) is 0.572. The van der Waals surface area contributed by atoms with E-state index in [9.17, 15) is 4.79 Å². The summed E-state index contributed by atoms with van der Waals surface area (Å²) in [4.78, 5) is 12.4. The molecule has 6 nitrogen and oxygen atoms in total. The van der Waals surface area contributed by atoms with Crippen molar-refractivity contribution in [3.63, 3.8) is 0 Å². The van der Waals surface area contributed by atoms with Gasteiger partial charge in [0.1, 0.15) is 28.8 Å². The van der Waals surface area contributed by atoms with Gasteiger partial charge >= 0.3 is 5.97 Å². The third-order valence-corrected chi connectivity index (χ3v) is 4.15. The molecule has 3 rings (SSSR count). The number of carbonyl (C=O) groups is 1. The van der Waals surface area contributed by atoms with Crippen molar-refractivity contribution in [2.45, 2.75) is 0 Å². The van der Waals surface area contributed by atoms with Crippen molar-refractivity contribution in [2.24, 2.45) is 0 Å². The van der Waals surface area contributed by atoms with E-state index in [1.807, 2.05) is 0 Å². The molecule has 140 valence electrons. The van der Waals surface area contributed by atoms with Crippen molar-refractivity contribution >= 4 is 17.8 Å². The van der Waals surface area contributed by atoms with Crippen LogP contribution in [0.1, 0.15) is 11.1 Å². The summed E-state index contributed by atoms with van der Waals surface area (Å²) in [6, 6.07) is 10.7. The van der Waals surface area contributed by atoms with Crippen LogP contribution in [0, 0.1) is 0 Å². The highest BCUT2D eigenvalue weighted by atomic mass is 16.5. The molecular formula is C21H20O6. The predicted molar refractivity (Wildman–Crippen MR) is 101 cm³/mol. The van der Waals surface area contributed by atoms with Crippen LogP contribution < -0.4 is 18.9 Å². The zero-order valence-electron chi connectivity index (χ0n) is 15.6. The molecule has 0 radical (unpaired) electrons. The van der Waals surface area contributed by atoms with Crippen molar-refractivity contribution < 1.29 is 28.5 Å². The van der Waals surface area contributed by atoms with Gasteiger partial charge in [0.25, 0.3) is 0 Å². The van der Waals surface area contributed by atoms with E-state index < -0.39 is 5.97 Å². The molecule has 0 saturated carbocycles. The SMILES string of the molecule is COc1ccc(OC)c(/C=C2\C=C(c3ccc(OC)cc3OC)OC2=O)c1. The third-order valence-electron chi connectivity index (χ3n) is 4.15. The molecule has 6 heteroatoms. The van der Waals surface area contributed by atoms with E-state index in [2.05, 4.69) is 0 Å². The van der Waals surface area contributed by atoms with E-state index in [4.69, 9.17) is 23.7 Å². The zero-order chi connectivity index (χ0) is 19.4. The predicted octanol–water partition coefficient (Wildman–Crippen LogP) is 3.70. The average molecular weight is 368 g/mol. The van der Waals surface area contributed by atoms with E-state index in [-0.39, 0.29) is 0 Å². The minimum atomic E-state index is -0.451. The van der Waals surface area contributed by atoms with Crippen LogP contribution in [0.3, 0.4) is 0 Å². The summed E-state index contributed by atoms with van der Waals surface area (Å²) in [6.45, 7) is 0. The highest BCUT2D eigenvalue weighted by Crippen LogP contribution is 2.36. The molecule has 0 spiro atoms. The van der Waals surface area contributed by atoms with Crippen molar-refractivity contribution in [1.29, 1.82) is 0 Å². The average Bonchev–Trinajstić information content (AvgIpc) is 3.07. The summed E-state index contributed by atoms with van der Waals surface area (Å²) in [6.07, 6.45) is 3.37. The fourth-order valence-corrected chi connectivity index (χ4v) is 2.74. The number of rotatable bonds is 6. The highest BCUT2D eigenvalue weighted by molar-refractivity contribution is 6.05. The van der Waals surface area contributed by atoms with Crippen LogP contribution in [0.25, 0.3) is 11.8 Å². The molecular weight excluding hydrogens is 348 g/mol. The fraction of sp³-hybridized carbons (Fsp3) is 0.190. The topological polar surface area (TPSA) is 63.2 Å². The minimum absolute atomic E-state index is 0.398. The number of hydrogen-bond donors (Lipinski definition) is 0. The molecule has 27 heavy (non-hydrogen) atoms. The van der Waals surface area contributed by atoms with Gasteiger partial charge in [-0.2, -0.15) is 0 Å². The zero-order valence-corrected chi connectivity index (χ0v) is 15.6. The lowest BCUT2D eigenvalue weighted by Gasteiger charge is -2.10. The first-order valence-electron chi connectivity index (χ1n) is 8.19. The Balaban J connectivity index is 2.01. The van der Waals surface area contributed by atoms with Gasteiger partial charge in [0, 0.05) is 11.6 Å². The van der Waals surface area contributed by atoms with Gasteiger partial charge in [-0.3, -0.25) is 0 Å². The van der Waals surface area contributed by atoms with Gasteiger partial charge in [0.05, 0.1) is 39.6 Å². The molecule has 2 aromatic rings. The number of ether oxygens (including phenoxy) is 5. The summed E-state index contributed by atoms with van der Waals surface area (Å²) in [5.74, 6) is 2.45. The lowest BCUT2D eigenvalue weighted by Crippen LogP contribution is -1.99. The second-order valence-electron chi connectivity index (χ2n) is 5.67. The standard InChI is InChI=1S/C21H20O6/c1-23-15-6-8-18(25-3)13(10-15)9-14-11-20(27-21(14)22)17-7-5-16(24-2)12-19(17)26-4/h5-12H,1-4H3/b14-9+. The van der Waals surface area contributed by atoms with E-state index in [1.54, 1.807) is 77.0 Å². The summed E-state index contributed by atoms with van der Waals surface area (Å²) < 4.78 is 26.6. The Kier molecular flexibility index (Phi) is 5.35.